The van der Waals surface area contributed by atoms with Gasteiger partial charge in [0.1, 0.15) is 5.75 Å². The van der Waals surface area contributed by atoms with E-state index in [-0.39, 0.29) is 5.54 Å². The Morgan fingerprint density at radius 3 is 2.64 bits per heavy atom. The molecule has 1 aromatic rings. The molecule has 1 N–H and O–H groups in total. The summed E-state index contributed by atoms with van der Waals surface area (Å²) in [6.07, 6.45) is 0. The maximum absolute atomic E-state index is 5.46. The van der Waals surface area contributed by atoms with Crippen LogP contribution in [0.5, 0.6) is 5.75 Å². The van der Waals surface area contributed by atoms with Crippen molar-refractivity contribution in [1.29, 1.82) is 0 Å². The molecule has 0 unspecified atom stereocenters. The van der Waals surface area contributed by atoms with Crippen LogP contribution in [0.25, 0.3) is 0 Å². The second-order valence-electron chi connectivity index (χ2n) is 3.84. The van der Waals surface area contributed by atoms with Crippen molar-refractivity contribution in [3.8, 4) is 5.75 Å². The van der Waals surface area contributed by atoms with Crippen molar-refractivity contribution in [2.75, 3.05) is 13.7 Å². The quantitative estimate of drug-likeness (QED) is 0.793. The predicted molar refractivity (Wildman–Crippen MR) is 59.7 cm³/mol. The summed E-state index contributed by atoms with van der Waals surface area (Å²) in [7, 11) is 1.97. The third kappa shape index (κ3) is 2.48. The summed E-state index contributed by atoms with van der Waals surface area (Å²) >= 11 is 0. The van der Waals surface area contributed by atoms with Gasteiger partial charge in [0.25, 0.3) is 0 Å². The van der Waals surface area contributed by atoms with Crippen molar-refractivity contribution >= 4 is 0 Å². The van der Waals surface area contributed by atoms with Crippen LogP contribution in [0, 0.1) is 0 Å². The Morgan fingerprint density at radius 1 is 1.36 bits per heavy atom. The largest absolute Gasteiger partial charge is 0.494 e. The van der Waals surface area contributed by atoms with Gasteiger partial charge in [-0.15, -0.1) is 0 Å². The van der Waals surface area contributed by atoms with Gasteiger partial charge in [0.2, 0.25) is 0 Å². The zero-order valence-electron chi connectivity index (χ0n) is 9.42. The van der Waals surface area contributed by atoms with Gasteiger partial charge in [0.05, 0.1) is 6.61 Å². The fraction of sp³-hybridized carbons (Fsp3) is 0.500. The van der Waals surface area contributed by atoms with Gasteiger partial charge in [-0.25, -0.2) is 0 Å². The molecule has 1 aromatic carbocycles. The molecule has 2 nitrogen and oxygen atoms in total. The Bertz CT molecular complexity index is 294. The smallest absolute Gasteiger partial charge is 0.119 e. The number of hydrogen-bond donors (Lipinski definition) is 1. The summed E-state index contributed by atoms with van der Waals surface area (Å²) in [5, 5.41) is 3.27. The summed E-state index contributed by atoms with van der Waals surface area (Å²) in [6, 6.07) is 8.21. The molecule has 0 aliphatic rings. The average molecular weight is 193 g/mol. The second kappa shape index (κ2) is 4.47. The molecule has 0 amide bonds. The lowest BCUT2D eigenvalue weighted by atomic mass is 9.94. The molecule has 0 bridgehead atoms. The number of rotatable bonds is 4. The maximum Gasteiger partial charge on any atom is 0.119 e. The van der Waals surface area contributed by atoms with E-state index in [1.54, 1.807) is 0 Å². The molecule has 1 rings (SSSR count). The van der Waals surface area contributed by atoms with Crippen LogP contribution in [0.2, 0.25) is 0 Å². The Kier molecular flexibility index (Phi) is 3.53. The van der Waals surface area contributed by atoms with E-state index in [1.807, 2.05) is 26.1 Å². The van der Waals surface area contributed by atoms with Gasteiger partial charge < -0.3 is 10.1 Å². The summed E-state index contributed by atoms with van der Waals surface area (Å²) in [5.74, 6) is 0.938. The molecule has 14 heavy (non-hydrogen) atoms. The third-order valence-electron chi connectivity index (χ3n) is 2.49. The van der Waals surface area contributed by atoms with E-state index in [0.717, 1.165) is 5.75 Å². The predicted octanol–water partition coefficient (Wildman–Crippen LogP) is 2.54. The van der Waals surface area contributed by atoms with Crippen LogP contribution >= 0.6 is 0 Å². The molecule has 0 aromatic heterocycles. The van der Waals surface area contributed by atoms with Crippen molar-refractivity contribution < 1.29 is 4.74 Å². The van der Waals surface area contributed by atoms with E-state index in [9.17, 15) is 0 Å². The first kappa shape index (κ1) is 11.1. The van der Waals surface area contributed by atoms with Crippen LogP contribution in [-0.4, -0.2) is 13.7 Å². The van der Waals surface area contributed by atoms with E-state index < -0.39 is 0 Å². The first-order valence-electron chi connectivity index (χ1n) is 5.02. The minimum absolute atomic E-state index is 0.00683. The standard InChI is InChI=1S/C12H19NO/c1-5-14-11-8-6-7-10(9-11)12(2,3)13-4/h6-9,13H,5H2,1-4H3. The fourth-order valence-corrected chi connectivity index (χ4v) is 1.29. The van der Waals surface area contributed by atoms with Gasteiger partial charge in [-0.3, -0.25) is 0 Å². The molecule has 0 aliphatic heterocycles. The Hall–Kier alpha value is -1.02. The molecular formula is C12H19NO. The summed E-state index contributed by atoms with van der Waals surface area (Å²) < 4.78 is 5.46. The molecule has 0 spiro atoms. The maximum atomic E-state index is 5.46. The molecule has 0 heterocycles. The Morgan fingerprint density at radius 2 is 2.07 bits per heavy atom. The van der Waals surface area contributed by atoms with Crippen LogP contribution < -0.4 is 10.1 Å². The first-order chi connectivity index (χ1) is 6.60. The third-order valence-corrected chi connectivity index (χ3v) is 2.49. The molecule has 0 fully saturated rings. The molecule has 0 saturated carbocycles. The van der Waals surface area contributed by atoms with E-state index in [2.05, 4.69) is 31.3 Å². The number of ether oxygens (including phenoxy) is 1. The fourth-order valence-electron chi connectivity index (χ4n) is 1.29. The van der Waals surface area contributed by atoms with Crippen LogP contribution in [0.4, 0.5) is 0 Å². The molecule has 78 valence electrons. The molecule has 0 radical (unpaired) electrons. The van der Waals surface area contributed by atoms with Gasteiger partial charge >= 0.3 is 0 Å². The second-order valence-corrected chi connectivity index (χ2v) is 3.84. The number of nitrogens with one attached hydrogen (secondary N) is 1. The minimum atomic E-state index is -0.00683. The van der Waals surface area contributed by atoms with Crippen molar-refractivity contribution in [3.05, 3.63) is 29.8 Å². The van der Waals surface area contributed by atoms with Crippen LogP contribution in [0.15, 0.2) is 24.3 Å². The highest BCUT2D eigenvalue weighted by Crippen LogP contribution is 2.23. The average Bonchev–Trinajstić information content (AvgIpc) is 2.19. The molecule has 0 atom stereocenters. The van der Waals surface area contributed by atoms with Crippen LogP contribution in [0.3, 0.4) is 0 Å². The first-order valence-corrected chi connectivity index (χ1v) is 5.02. The highest BCUT2D eigenvalue weighted by molar-refractivity contribution is 5.32. The molecule has 0 saturated heterocycles. The van der Waals surface area contributed by atoms with E-state index >= 15 is 0 Å². The van der Waals surface area contributed by atoms with Gasteiger partial charge in [-0.2, -0.15) is 0 Å². The Labute approximate surface area is 86.3 Å². The van der Waals surface area contributed by atoms with Gasteiger partial charge in [0.15, 0.2) is 0 Å². The summed E-state index contributed by atoms with van der Waals surface area (Å²) in [4.78, 5) is 0. The molecular weight excluding hydrogens is 174 g/mol. The van der Waals surface area contributed by atoms with Gasteiger partial charge in [-0.05, 0) is 45.5 Å². The molecule has 0 aliphatic carbocycles. The highest BCUT2D eigenvalue weighted by atomic mass is 16.5. The van der Waals surface area contributed by atoms with Crippen LogP contribution in [0.1, 0.15) is 26.3 Å². The zero-order chi connectivity index (χ0) is 10.6. The van der Waals surface area contributed by atoms with Crippen molar-refractivity contribution in [3.63, 3.8) is 0 Å². The topological polar surface area (TPSA) is 21.3 Å². The molecule has 2 heteroatoms. The normalized spacial score (nSPS) is 11.4. The zero-order valence-corrected chi connectivity index (χ0v) is 9.42. The SMILES string of the molecule is CCOc1cccc(C(C)(C)NC)c1. The lowest BCUT2D eigenvalue weighted by Gasteiger charge is -2.25. The summed E-state index contributed by atoms with van der Waals surface area (Å²) in [6.45, 7) is 7.01. The lowest BCUT2D eigenvalue weighted by molar-refractivity contribution is 0.338. The van der Waals surface area contributed by atoms with Crippen molar-refractivity contribution in [2.24, 2.45) is 0 Å². The highest BCUT2D eigenvalue weighted by Gasteiger charge is 2.17. The number of hydrogen-bond acceptors (Lipinski definition) is 2. The van der Waals surface area contributed by atoms with E-state index in [0.29, 0.717) is 6.61 Å². The van der Waals surface area contributed by atoms with Crippen molar-refractivity contribution in [1.82, 2.24) is 5.32 Å². The van der Waals surface area contributed by atoms with Crippen molar-refractivity contribution in [2.45, 2.75) is 26.3 Å². The lowest BCUT2D eigenvalue weighted by Crippen LogP contribution is -2.33. The van der Waals surface area contributed by atoms with Gasteiger partial charge in [-0.1, -0.05) is 12.1 Å². The summed E-state index contributed by atoms with van der Waals surface area (Å²) in [5.41, 5.74) is 1.23. The monoisotopic (exact) mass is 193 g/mol. The van der Waals surface area contributed by atoms with E-state index in [1.165, 1.54) is 5.56 Å². The minimum Gasteiger partial charge on any atom is -0.494 e. The van der Waals surface area contributed by atoms with Gasteiger partial charge in [0, 0.05) is 5.54 Å². The van der Waals surface area contributed by atoms with Crippen LogP contribution in [-0.2, 0) is 5.54 Å². The Balaban J connectivity index is 2.93. The van der Waals surface area contributed by atoms with E-state index in [4.69, 9.17) is 4.74 Å². The number of benzene rings is 1.